The zero-order valence-electron chi connectivity index (χ0n) is 12.5. The Balaban J connectivity index is 2.58. The van der Waals surface area contributed by atoms with Crippen molar-refractivity contribution in [1.82, 2.24) is 0 Å². The van der Waals surface area contributed by atoms with E-state index in [1.807, 2.05) is 0 Å². The number of hydrogen-bond acceptors (Lipinski definition) is 1. The minimum Gasteiger partial charge on any atom is -0.399 e. The van der Waals surface area contributed by atoms with E-state index in [4.69, 9.17) is 5.73 Å². The Labute approximate surface area is 112 Å². The number of fused-ring (bicyclic) bond motifs is 1. The average Bonchev–Trinajstić information content (AvgIpc) is 2.34. The van der Waals surface area contributed by atoms with E-state index in [0.717, 1.165) is 17.5 Å². The summed E-state index contributed by atoms with van der Waals surface area (Å²) >= 11 is 0. The number of rotatable bonds is 2. The molecule has 0 aliphatic heterocycles. The van der Waals surface area contributed by atoms with Crippen molar-refractivity contribution in [3.05, 3.63) is 29.3 Å². The van der Waals surface area contributed by atoms with Crippen LogP contribution in [0.2, 0.25) is 0 Å². The zero-order chi connectivity index (χ0) is 13.5. The summed E-state index contributed by atoms with van der Waals surface area (Å²) in [5, 5.41) is 0. The van der Waals surface area contributed by atoms with Gasteiger partial charge in [-0.25, -0.2) is 0 Å². The van der Waals surface area contributed by atoms with Gasteiger partial charge < -0.3 is 5.73 Å². The fourth-order valence-corrected chi connectivity index (χ4v) is 3.66. The maximum absolute atomic E-state index is 5.99. The summed E-state index contributed by atoms with van der Waals surface area (Å²) in [5.74, 6) is 2.08. The lowest BCUT2D eigenvalue weighted by Gasteiger charge is -2.46. The van der Waals surface area contributed by atoms with E-state index in [1.54, 1.807) is 0 Å². The SMILES string of the molecule is CCC(C)C1(C)CC(C)C(C)c2cc(N)ccc21. The Kier molecular flexibility index (Phi) is 3.44. The minimum absolute atomic E-state index is 0.309. The lowest BCUT2D eigenvalue weighted by Crippen LogP contribution is -2.38. The third kappa shape index (κ3) is 1.94. The van der Waals surface area contributed by atoms with Crippen molar-refractivity contribution in [2.24, 2.45) is 11.8 Å². The molecule has 100 valence electrons. The van der Waals surface area contributed by atoms with Crippen LogP contribution in [0.5, 0.6) is 0 Å². The van der Waals surface area contributed by atoms with Crippen LogP contribution in [-0.4, -0.2) is 0 Å². The molecule has 0 bridgehead atoms. The summed E-state index contributed by atoms with van der Waals surface area (Å²) in [6.45, 7) is 11.9. The van der Waals surface area contributed by atoms with Gasteiger partial charge in [0.05, 0.1) is 0 Å². The van der Waals surface area contributed by atoms with Gasteiger partial charge in [-0.3, -0.25) is 0 Å². The van der Waals surface area contributed by atoms with Crippen LogP contribution in [0.4, 0.5) is 5.69 Å². The number of anilines is 1. The fourth-order valence-electron chi connectivity index (χ4n) is 3.66. The monoisotopic (exact) mass is 245 g/mol. The lowest BCUT2D eigenvalue weighted by atomic mass is 9.59. The molecule has 0 aromatic heterocycles. The summed E-state index contributed by atoms with van der Waals surface area (Å²) in [6.07, 6.45) is 2.53. The first kappa shape index (κ1) is 13.5. The highest BCUT2D eigenvalue weighted by Crippen LogP contribution is 2.50. The van der Waals surface area contributed by atoms with Gasteiger partial charge in [-0.05, 0) is 52.8 Å². The van der Waals surface area contributed by atoms with E-state index in [9.17, 15) is 0 Å². The van der Waals surface area contributed by atoms with Gasteiger partial charge in [-0.2, -0.15) is 0 Å². The topological polar surface area (TPSA) is 26.0 Å². The van der Waals surface area contributed by atoms with Crippen molar-refractivity contribution < 1.29 is 0 Å². The molecule has 1 aliphatic carbocycles. The van der Waals surface area contributed by atoms with E-state index in [2.05, 4.69) is 52.8 Å². The molecular formula is C17H27N. The standard InChI is InChI=1S/C17H27N/c1-6-12(3)17(5)10-11(2)13(4)15-9-14(18)7-8-16(15)17/h7-9,11-13H,6,10,18H2,1-5H3. The molecule has 0 spiro atoms. The smallest absolute Gasteiger partial charge is 0.0317 e. The molecule has 1 aromatic carbocycles. The normalized spacial score (nSPS) is 32.9. The van der Waals surface area contributed by atoms with Gasteiger partial charge in [-0.15, -0.1) is 0 Å². The zero-order valence-corrected chi connectivity index (χ0v) is 12.5. The van der Waals surface area contributed by atoms with Gasteiger partial charge in [0, 0.05) is 5.69 Å². The summed E-state index contributed by atoms with van der Waals surface area (Å²) in [4.78, 5) is 0. The highest BCUT2D eigenvalue weighted by Gasteiger charge is 2.41. The van der Waals surface area contributed by atoms with Crippen LogP contribution in [0.3, 0.4) is 0 Å². The molecule has 0 amide bonds. The van der Waals surface area contributed by atoms with Gasteiger partial charge in [0.2, 0.25) is 0 Å². The molecule has 0 radical (unpaired) electrons. The molecule has 0 saturated heterocycles. The van der Waals surface area contributed by atoms with Crippen molar-refractivity contribution in [3.63, 3.8) is 0 Å². The minimum atomic E-state index is 0.309. The van der Waals surface area contributed by atoms with E-state index in [0.29, 0.717) is 11.3 Å². The largest absolute Gasteiger partial charge is 0.399 e. The summed E-state index contributed by atoms with van der Waals surface area (Å²) < 4.78 is 0. The molecule has 0 fully saturated rings. The second-order valence-corrected chi connectivity index (χ2v) is 6.54. The van der Waals surface area contributed by atoms with Gasteiger partial charge in [0.25, 0.3) is 0 Å². The molecule has 4 unspecified atom stereocenters. The summed E-state index contributed by atoms with van der Waals surface area (Å²) in [6, 6.07) is 6.55. The first-order chi connectivity index (χ1) is 8.40. The Morgan fingerprint density at radius 1 is 1.39 bits per heavy atom. The van der Waals surface area contributed by atoms with Crippen LogP contribution in [-0.2, 0) is 5.41 Å². The van der Waals surface area contributed by atoms with Crippen LogP contribution in [0, 0.1) is 11.8 Å². The van der Waals surface area contributed by atoms with Gasteiger partial charge in [-0.1, -0.05) is 47.1 Å². The van der Waals surface area contributed by atoms with Gasteiger partial charge in [0.1, 0.15) is 0 Å². The van der Waals surface area contributed by atoms with Crippen LogP contribution in [0.1, 0.15) is 64.5 Å². The van der Waals surface area contributed by atoms with E-state index >= 15 is 0 Å². The highest BCUT2D eigenvalue weighted by molar-refractivity contribution is 5.50. The van der Waals surface area contributed by atoms with Crippen LogP contribution < -0.4 is 5.73 Å². The Bertz CT molecular complexity index is 437. The maximum atomic E-state index is 5.99. The first-order valence-electron chi connectivity index (χ1n) is 7.30. The molecule has 1 heteroatoms. The highest BCUT2D eigenvalue weighted by atomic mass is 14.6. The summed E-state index contributed by atoms with van der Waals surface area (Å²) in [7, 11) is 0. The van der Waals surface area contributed by atoms with Crippen LogP contribution >= 0.6 is 0 Å². The van der Waals surface area contributed by atoms with Crippen molar-refractivity contribution >= 4 is 5.69 Å². The van der Waals surface area contributed by atoms with Crippen LogP contribution in [0.15, 0.2) is 18.2 Å². The Hall–Kier alpha value is -0.980. The van der Waals surface area contributed by atoms with E-state index in [1.165, 1.54) is 24.0 Å². The first-order valence-corrected chi connectivity index (χ1v) is 7.30. The molecule has 2 rings (SSSR count). The number of hydrogen-bond donors (Lipinski definition) is 1. The Morgan fingerprint density at radius 3 is 2.67 bits per heavy atom. The Morgan fingerprint density at radius 2 is 2.06 bits per heavy atom. The molecule has 18 heavy (non-hydrogen) atoms. The molecule has 0 heterocycles. The fraction of sp³-hybridized carbons (Fsp3) is 0.647. The molecule has 2 N–H and O–H groups in total. The van der Waals surface area contributed by atoms with E-state index in [-0.39, 0.29) is 0 Å². The van der Waals surface area contributed by atoms with Crippen molar-refractivity contribution in [2.45, 2.75) is 58.8 Å². The summed E-state index contributed by atoms with van der Waals surface area (Å²) in [5.41, 5.74) is 10.2. The maximum Gasteiger partial charge on any atom is 0.0317 e. The second kappa shape index (κ2) is 4.60. The van der Waals surface area contributed by atoms with Gasteiger partial charge >= 0.3 is 0 Å². The molecule has 1 nitrogen and oxygen atoms in total. The average molecular weight is 245 g/mol. The number of nitrogen functional groups attached to an aromatic ring is 1. The molecule has 4 atom stereocenters. The second-order valence-electron chi connectivity index (χ2n) is 6.54. The van der Waals surface area contributed by atoms with Crippen LogP contribution in [0.25, 0.3) is 0 Å². The lowest BCUT2D eigenvalue weighted by molar-refractivity contribution is 0.210. The third-order valence-electron chi connectivity index (χ3n) is 5.48. The van der Waals surface area contributed by atoms with Gasteiger partial charge in [0.15, 0.2) is 0 Å². The van der Waals surface area contributed by atoms with Crippen molar-refractivity contribution in [2.75, 3.05) is 5.73 Å². The molecule has 0 saturated carbocycles. The van der Waals surface area contributed by atoms with Crippen molar-refractivity contribution in [3.8, 4) is 0 Å². The third-order valence-corrected chi connectivity index (χ3v) is 5.48. The molecular weight excluding hydrogens is 218 g/mol. The number of nitrogens with two attached hydrogens (primary N) is 1. The predicted molar refractivity (Wildman–Crippen MR) is 79.9 cm³/mol. The van der Waals surface area contributed by atoms with Crippen molar-refractivity contribution in [1.29, 1.82) is 0 Å². The quantitative estimate of drug-likeness (QED) is 0.750. The molecule has 1 aliphatic rings. The molecule has 1 aromatic rings. The predicted octanol–water partition coefficient (Wildman–Crippen LogP) is 4.72. The number of benzene rings is 1. The van der Waals surface area contributed by atoms with E-state index < -0.39 is 0 Å².